The molecular formula is C18H20N4O2. The van der Waals surface area contributed by atoms with Gasteiger partial charge >= 0.3 is 0 Å². The van der Waals surface area contributed by atoms with E-state index in [0.717, 1.165) is 22.4 Å². The van der Waals surface area contributed by atoms with E-state index in [1.54, 1.807) is 12.4 Å². The number of para-hydroxylation sites is 1. The SMILES string of the molecule is Cc1cccc(C)c1OC[C@@H](O)CNc1ccc2nccnc2n1. The normalized spacial score (nSPS) is 12.1. The first-order chi connectivity index (χ1) is 11.6. The third-order valence-electron chi connectivity index (χ3n) is 3.68. The van der Waals surface area contributed by atoms with Gasteiger partial charge in [-0.25, -0.2) is 9.97 Å². The first-order valence-corrected chi connectivity index (χ1v) is 7.82. The highest BCUT2D eigenvalue weighted by Gasteiger charge is 2.09. The largest absolute Gasteiger partial charge is 0.490 e. The first-order valence-electron chi connectivity index (χ1n) is 7.82. The summed E-state index contributed by atoms with van der Waals surface area (Å²) in [7, 11) is 0. The monoisotopic (exact) mass is 324 g/mol. The Bertz CT molecular complexity index is 818. The fraction of sp³-hybridized carbons (Fsp3) is 0.278. The summed E-state index contributed by atoms with van der Waals surface area (Å²) in [5.74, 6) is 1.48. The van der Waals surface area contributed by atoms with Crippen LogP contribution >= 0.6 is 0 Å². The van der Waals surface area contributed by atoms with Crippen molar-refractivity contribution in [1.82, 2.24) is 15.0 Å². The molecule has 3 aromatic rings. The van der Waals surface area contributed by atoms with Crippen molar-refractivity contribution in [2.75, 3.05) is 18.5 Å². The molecule has 1 aromatic carbocycles. The number of aryl methyl sites for hydroxylation is 2. The standard InChI is InChI=1S/C18H20N4O2/c1-12-4-3-5-13(2)17(12)24-11-14(23)10-21-16-7-6-15-18(22-16)20-9-8-19-15/h3-9,14,23H,10-11H2,1-2H3,(H,20,21,22)/t14-/m0/s1. The van der Waals surface area contributed by atoms with E-state index in [-0.39, 0.29) is 6.61 Å². The number of rotatable bonds is 6. The Morgan fingerprint density at radius 1 is 1.08 bits per heavy atom. The highest BCUT2D eigenvalue weighted by atomic mass is 16.5. The molecule has 0 aliphatic heterocycles. The molecule has 0 fully saturated rings. The smallest absolute Gasteiger partial charge is 0.180 e. The zero-order valence-corrected chi connectivity index (χ0v) is 13.7. The molecule has 0 aliphatic rings. The summed E-state index contributed by atoms with van der Waals surface area (Å²) in [5.41, 5.74) is 3.43. The Kier molecular flexibility index (Phi) is 4.86. The van der Waals surface area contributed by atoms with Gasteiger partial charge in [0.2, 0.25) is 0 Å². The van der Waals surface area contributed by atoms with Crippen LogP contribution in [0.25, 0.3) is 11.2 Å². The third kappa shape index (κ3) is 3.78. The van der Waals surface area contributed by atoms with Gasteiger partial charge in [-0.15, -0.1) is 0 Å². The molecule has 2 N–H and O–H groups in total. The number of nitrogens with zero attached hydrogens (tertiary/aromatic N) is 3. The number of aromatic nitrogens is 3. The number of fused-ring (bicyclic) bond motifs is 1. The van der Waals surface area contributed by atoms with Crippen LogP contribution in [0.1, 0.15) is 11.1 Å². The maximum atomic E-state index is 10.1. The topological polar surface area (TPSA) is 80.2 Å². The van der Waals surface area contributed by atoms with Crippen molar-refractivity contribution < 1.29 is 9.84 Å². The number of aliphatic hydroxyl groups excluding tert-OH is 1. The van der Waals surface area contributed by atoms with E-state index in [9.17, 15) is 5.11 Å². The lowest BCUT2D eigenvalue weighted by atomic mass is 10.1. The lowest BCUT2D eigenvalue weighted by molar-refractivity contribution is 0.116. The van der Waals surface area contributed by atoms with Crippen molar-refractivity contribution in [3.8, 4) is 5.75 Å². The van der Waals surface area contributed by atoms with Crippen molar-refractivity contribution in [1.29, 1.82) is 0 Å². The summed E-state index contributed by atoms with van der Waals surface area (Å²) in [6.07, 6.45) is 2.58. The molecule has 3 rings (SSSR count). The van der Waals surface area contributed by atoms with Crippen LogP contribution in [0, 0.1) is 13.8 Å². The summed E-state index contributed by atoms with van der Waals surface area (Å²) in [5, 5.41) is 13.2. The van der Waals surface area contributed by atoms with Crippen LogP contribution in [0.2, 0.25) is 0 Å². The molecule has 24 heavy (non-hydrogen) atoms. The number of pyridine rings is 1. The van der Waals surface area contributed by atoms with Crippen LogP contribution in [0.3, 0.4) is 0 Å². The van der Waals surface area contributed by atoms with Gasteiger partial charge in [-0.1, -0.05) is 18.2 Å². The second-order valence-corrected chi connectivity index (χ2v) is 5.66. The van der Waals surface area contributed by atoms with Gasteiger partial charge in [0.15, 0.2) is 5.65 Å². The minimum atomic E-state index is -0.650. The summed E-state index contributed by atoms with van der Waals surface area (Å²) in [6.45, 7) is 4.54. The lowest BCUT2D eigenvalue weighted by Crippen LogP contribution is -2.27. The molecule has 6 heteroatoms. The number of benzene rings is 1. The highest BCUT2D eigenvalue weighted by Crippen LogP contribution is 2.22. The minimum absolute atomic E-state index is 0.214. The second kappa shape index (κ2) is 7.23. The molecule has 0 bridgehead atoms. The van der Waals surface area contributed by atoms with Gasteiger partial charge in [-0.05, 0) is 37.1 Å². The van der Waals surface area contributed by atoms with E-state index >= 15 is 0 Å². The predicted octanol–water partition coefficient (Wildman–Crippen LogP) is 2.49. The maximum absolute atomic E-state index is 10.1. The molecule has 0 amide bonds. The third-order valence-corrected chi connectivity index (χ3v) is 3.68. The first kappa shape index (κ1) is 16.1. The highest BCUT2D eigenvalue weighted by molar-refractivity contribution is 5.71. The van der Waals surface area contributed by atoms with Crippen molar-refractivity contribution in [2.45, 2.75) is 20.0 Å². The molecule has 2 aromatic heterocycles. The predicted molar refractivity (Wildman–Crippen MR) is 93.2 cm³/mol. The minimum Gasteiger partial charge on any atom is -0.490 e. The maximum Gasteiger partial charge on any atom is 0.180 e. The summed E-state index contributed by atoms with van der Waals surface area (Å²) in [6, 6.07) is 9.64. The van der Waals surface area contributed by atoms with Gasteiger partial charge in [0.1, 0.15) is 29.8 Å². The number of hydrogen-bond acceptors (Lipinski definition) is 6. The quantitative estimate of drug-likeness (QED) is 0.725. The average Bonchev–Trinajstić information content (AvgIpc) is 2.59. The Balaban J connectivity index is 1.56. The van der Waals surface area contributed by atoms with E-state index in [4.69, 9.17) is 4.74 Å². The van der Waals surface area contributed by atoms with E-state index in [1.807, 2.05) is 44.2 Å². The molecule has 0 saturated heterocycles. The molecule has 6 nitrogen and oxygen atoms in total. The van der Waals surface area contributed by atoms with Gasteiger partial charge in [-0.3, -0.25) is 4.98 Å². The number of nitrogens with one attached hydrogen (secondary N) is 1. The molecule has 0 radical (unpaired) electrons. The van der Waals surface area contributed by atoms with Gasteiger partial charge in [-0.2, -0.15) is 0 Å². The second-order valence-electron chi connectivity index (χ2n) is 5.66. The lowest BCUT2D eigenvalue weighted by Gasteiger charge is -2.16. The Hall–Kier alpha value is -2.73. The van der Waals surface area contributed by atoms with Gasteiger partial charge in [0, 0.05) is 18.9 Å². The zero-order chi connectivity index (χ0) is 16.9. The number of anilines is 1. The van der Waals surface area contributed by atoms with E-state index in [1.165, 1.54) is 0 Å². The van der Waals surface area contributed by atoms with Crippen LogP contribution in [0.15, 0.2) is 42.7 Å². The Morgan fingerprint density at radius 3 is 2.62 bits per heavy atom. The molecule has 0 aliphatic carbocycles. The number of aliphatic hydroxyl groups is 1. The Labute approximate surface area is 140 Å². The van der Waals surface area contributed by atoms with Crippen LogP contribution in [-0.4, -0.2) is 39.3 Å². The van der Waals surface area contributed by atoms with Crippen molar-refractivity contribution >= 4 is 17.0 Å². The molecule has 124 valence electrons. The van der Waals surface area contributed by atoms with Crippen LogP contribution in [0.4, 0.5) is 5.82 Å². The van der Waals surface area contributed by atoms with Crippen LogP contribution in [-0.2, 0) is 0 Å². The Morgan fingerprint density at radius 2 is 1.83 bits per heavy atom. The zero-order valence-electron chi connectivity index (χ0n) is 13.7. The number of hydrogen-bond donors (Lipinski definition) is 2. The summed E-state index contributed by atoms with van der Waals surface area (Å²) < 4.78 is 5.76. The fourth-order valence-corrected chi connectivity index (χ4v) is 2.44. The summed E-state index contributed by atoms with van der Waals surface area (Å²) >= 11 is 0. The van der Waals surface area contributed by atoms with E-state index < -0.39 is 6.10 Å². The van der Waals surface area contributed by atoms with Crippen LogP contribution < -0.4 is 10.1 Å². The molecule has 2 heterocycles. The molecule has 0 unspecified atom stereocenters. The fourth-order valence-electron chi connectivity index (χ4n) is 2.44. The van der Waals surface area contributed by atoms with Crippen molar-refractivity contribution in [3.63, 3.8) is 0 Å². The molecular weight excluding hydrogens is 304 g/mol. The summed E-state index contributed by atoms with van der Waals surface area (Å²) in [4.78, 5) is 12.7. The van der Waals surface area contributed by atoms with E-state index in [0.29, 0.717) is 18.0 Å². The van der Waals surface area contributed by atoms with Crippen LogP contribution in [0.5, 0.6) is 5.75 Å². The number of ether oxygens (including phenoxy) is 1. The van der Waals surface area contributed by atoms with Crippen molar-refractivity contribution in [2.24, 2.45) is 0 Å². The van der Waals surface area contributed by atoms with E-state index in [2.05, 4.69) is 20.3 Å². The van der Waals surface area contributed by atoms with Gasteiger partial charge in [0.25, 0.3) is 0 Å². The van der Waals surface area contributed by atoms with Crippen molar-refractivity contribution in [3.05, 3.63) is 53.9 Å². The molecule has 1 atom stereocenters. The average molecular weight is 324 g/mol. The molecule has 0 saturated carbocycles. The van der Waals surface area contributed by atoms with Gasteiger partial charge in [0.05, 0.1) is 0 Å². The molecule has 0 spiro atoms. The van der Waals surface area contributed by atoms with Gasteiger partial charge < -0.3 is 15.2 Å².